The maximum Gasteiger partial charge on any atom is 0.264 e. The largest absolute Gasteiger partial charge is 0.355 e. The molecule has 1 atom stereocenters. The van der Waals surface area contributed by atoms with E-state index in [0.717, 1.165) is 21.0 Å². The molecule has 0 radical (unpaired) electrons. The van der Waals surface area contributed by atoms with Gasteiger partial charge in [-0.15, -0.1) is 0 Å². The molecule has 3 aromatic carbocycles. The Morgan fingerprint density at radius 2 is 1.45 bits per heavy atom. The fourth-order valence-corrected chi connectivity index (χ4v) is 5.95. The molecule has 7 nitrogen and oxygen atoms in total. The second kappa shape index (κ2) is 13.2. The molecule has 0 aliphatic rings. The van der Waals surface area contributed by atoms with Gasteiger partial charge >= 0.3 is 0 Å². The van der Waals surface area contributed by atoms with Crippen LogP contribution in [0.4, 0.5) is 5.69 Å². The molecule has 1 unspecified atom stereocenters. The summed E-state index contributed by atoms with van der Waals surface area (Å²) in [4.78, 5) is 28.5. The number of hydrogen-bond acceptors (Lipinski definition) is 4. The van der Waals surface area contributed by atoms with Crippen molar-refractivity contribution in [3.05, 3.63) is 95.6 Å². The van der Waals surface area contributed by atoms with E-state index in [2.05, 4.69) is 5.32 Å². The van der Waals surface area contributed by atoms with Crippen LogP contribution in [0.2, 0.25) is 0 Å². The van der Waals surface area contributed by atoms with Crippen LogP contribution in [0.15, 0.2) is 83.8 Å². The van der Waals surface area contributed by atoms with Crippen LogP contribution in [-0.2, 0) is 26.0 Å². The third-order valence-corrected chi connectivity index (χ3v) is 8.11. The predicted molar refractivity (Wildman–Crippen MR) is 152 cm³/mol. The van der Waals surface area contributed by atoms with E-state index in [1.54, 1.807) is 30.3 Å². The van der Waals surface area contributed by atoms with Crippen LogP contribution >= 0.6 is 0 Å². The van der Waals surface area contributed by atoms with Crippen LogP contribution < -0.4 is 9.62 Å². The maximum absolute atomic E-state index is 13.9. The lowest BCUT2D eigenvalue weighted by Crippen LogP contribution is -2.53. The molecular weight excluding hydrogens is 498 g/mol. The van der Waals surface area contributed by atoms with Crippen molar-refractivity contribution in [2.24, 2.45) is 0 Å². The van der Waals surface area contributed by atoms with E-state index in [-0.39, 0.29) is 17.3 Å². The number of rotatable bonds is 12. The standard InChI is InChI=1S/C30H37N3O4S/c1-5-28(30(35)31-6-2)32(18-17-25-13-9-7-10-14-25)29(34)22-33(26-20-23(3)19-24(4)21-26)38(36,37)27-15-11-8-12-16-27/h7-16,19-21,28H,5-6,17-18,22H2,1-4H3,(H,31,35). The molecule has 0 saturated carbocycles. The van der Waals surface area contributed by atoms with Gasteiger partial charge in [-0.3, -0.25) is 13.9 Å². The SMILES string of the molecule is CCNC(=O)C(CC)N(CCc1ccccc1)C(=O)CN(c1cc(C)cc(C)c1)S(=O)(=O)c1ccccc1. The Morgan fingerprint density at radius 1 is 0.868 bits per heavy atom. The first kappa shape index (κ1) is 28.9. The first-order valence-corrected chi connectivity index (χ1v) is 14.4. The molecule has 1 N–H and O–H groups in total. The molecule has 3 aromatic rings. The van der Waals surface area contributed by atoms with Crippen LogP contribution in [0.5, 0.6) is 0 Å². The van der Waals surface area contributed by atoms with Crippen molar-refractivity contribution < 1.29 is 18.0 Å². The molecule has 0 fully saturated rings. The van der Waals surface area contributed by atoms with Gasteiger partial charge in [0.05, 0.1) is 10.6 Å². The Bertz CT molecular complexity index is 1310. The summed E-state index contributed by atoms with van der Waals surface area (Å²) in [6.45, 7) is 7.75. The number of sulfonamides is 1. The van der Waals surface area contributed by atoms with Crippen molar-refractivity contribution in [1.82, 2.24) is 10.2 Å². The fourth-order valence-electron chi connectivity index (χ4n) is 4.53. The van der Waals surface area contributed by atoms with E-state index >= 15 is 0 Å². The normalized spacial score (nSPS) is 12.0. The van der Waals surface area contributed by atoms with Crippen LogP contribution in [0.25, 0.3) is 0 Å². The van der Waals surface area contributed by atoms with Crippen LogP contribution in [0.3, 0.4) is 0 Å². The number of amides is 2. The molecule has 202 valence electrons. The highest BCUT2D eigenvalue weighted by atomic mass is 32.2. The molecular formula is C30H37N3O4S. The van der Waals surface area contributed by atoms with Gasteiger partial charge in [0.25, 0.3) is 10.0 Å². The van der Waals surface area contributed by atoms with Crippen molar-refractivity contribution in [3.63, 3.8) is 0 Å². The van der Waals surface area contributed by atoms with E-state index in [4.69, 9.17) is 0 Å². The first-order chi connectivity index (χ1) is 18.2. The molecule has 0 bridgehead atoms. The van der Waals surface area contributed by atoms with Crippen molar-refractivity contribution in [2.45, 2.75) is 51.5 Å². The molecule has 0 saturated heterocycles. The van der Waals surface area contributed by atoms with Crippen molar-refractivity contribution in [3.8, 4) is 0 Å². The topological polar surface area (TPSA) is 86.8 Å². The average Bonchev–Trinajstić information content (AvgIpc) is 2.90. The number of benzene rings is 3. The van der Waals surface area contributed by atoms with Gasteiger partial charge in [0.1, 0.15) is 12.6 Å². The molecule has 0 spiro atoms. The number of anilines is 1. The smallest absolute Gasteiger partial charge is 0.264 e. The Balaban J connectivity index is 2.02. The number of carbonyl (C=O) groups excluding carboxylic acids is 2. The molecule has 8 heteroatoms. The molecule has 0 heterocycles. The zero-order valence-corrected chi connectivity index (χ0v) is 23.4. The summed E-state index contributed by atoms with van der Waals surface area (Å²) in [6, 6.07) is 22.6. The van der Waals surface area contributed by atoms with Crippen LogP contribution in [0, 0.1) is 13.8 Å². The first-order valence-electron chi connectivity index (χ1n) is 12.9. The number of likely N-dealkylation sites (N-methyl/N-ethyl adjacent to an activating group) is 1. The number of carbonyl (C=O) groups is 2. The van der Waals surface area contributed by atoms with Gasteiger partial charge in [-0.25, -0.2) is 8.42 Å². The van der Waals surface area contributed by atoms with Gasteiger partial charge < -0.3 is 10.2 Å². The molecule has 3 rings (SSSR count). The van der Waals surface area contributed by atoms with Gasteiger partial charge in [0.2, 0.25) is 11.8 Å². The van der Waals surface area contributed by atoms with Gasteiger partial charge in [-0.05, 0) is 74.6 Å². The number of aryl methyl sites for hydroxylation is 2. The van der Waals surface area contributed by atoms with Crippen LogP contribution in [-0.4, -0.2) is 50.8 Å². The quantitative estimate of drug-likeness (QED) is 0.370. The minimum absolute atomic E-state index is 0.0959. The summed E-state index contributed by atoms with van der Waals surface area (Å²) in [7, 11) is -4.06. The highest BCUT2D eigenvalue weighted by Crippen LogP contribution is 2.26. The molecule has 0 aliphatic carbocycles. The van der Waals surface area contributed by atoms with E-state index in [0.29, 0.717) is 25.1 Å². The minimum Gasteiger partial charge on any atom is -0.355 e. The summed E-state index contributed by atoms with van der Waals surface area (Å²) in [5.41, 5.74) is 3.21. The minimum atomic E-state index is -4.06. The van der Waals surface area contributed by atoms with Crippen molar-refractivity contribution >= 4 is 27.5 Å². The Morgan fingerprint density at radius 3 is 2.00 bits per heavy atom. The van der Waals surface area contributed by atoms with Crippen LogP contribution in [0.1, 0.15) is 37.0 Å². The second-order valence-electron chi connectivity index (χ2n) is 9.31. The summed E-state index contributed by atoms with van der Waals surface area (Å²) >= 11 is 0. The van der Waals surface area contributed by atoms with E-state index in [1.165, 1.54) is 17.0 Å². The molecule has 0 aromatic heterocycles. The summed E-state index contributed by atoms with van der Waals surface area (Å²) < 4.78 is 28.8. The monoisotopic (exact) mass is 535 g/mol. The zero-order chi connectivity index (χ0) is 27.7. The Hall–Kier alpha value is -3.65. The Labute approximate surface area is 226 Å². The van der Waals surface area contributed by atoms with Crippen molar-refractivity contribution in [2.75, 3.05) is 23.9 Å². The summed E-state index contributed by atoms with van der Waals surface area (Å²) in [5, 5.41) is 2.82. The third kappa shape index (κ3) is 7.22. The maximum atomic E-state index is 13.9. The second-order valence-corrected chi connectivity index (χ2v) is 11.2. The third-order valence-electron chi connectivity index (χ3n) is 6.33. The van der Waals surface area contributed by atoms with Gasteiger partial charge in [-0.1, -0.05) is 61.5 Å². The lowest BCUT2D eigenvalue weighted by atomic mass is 10.1. The van der Waals surface area contributed by atoms with E-state index < -0.39 is 28.5 Å². The van der Waals surface area contributed by atoms with E-state index in [9.17, 15) is 18.0 Å². The molecule has 2 amide bonds. The van der Waals surface area contributed by atoms with Gasteiger partial charge in [0, 0.05) is 13.1 Å². The average molecular weight is 536 g/mol. The predicted octanol–water partition coefficient (Wildman–Crippen LogP) is 4.48. The Kier molecular flexibility index (Phi) is 10.1. The highest BCUT2D eigenvalue weighted by Gasteiger charge is 2.33. The van der Waals surface area contributed by atoms with E-state index in [1.807, 2.05) is 64.1 Å². The summed E-state index contributed by atoms with van der Waals surface area (Å²) in [6.07, 6.45) is 0.943. The highest BCUT2D eigenvalue weighted by molar-refractivity contribution is 7.92. The number of nitrogens with zero attached hydrogens (tertiary/aromatic N) is 2. The fraction of sp³-hybridized carbons (Fsp3) is 0.333. The van der Waals surface area contributed by atoms with Gasteiger partial charge in [-0.2, -0.15) is 0 Å². The molecule has 0 aliphatic heterocycles. The van der Waals surface area contributed by atoms with Gasteiger partial charge in [0.15, 0.2) is 0 Å². The number of nitrogens with one attached hydrogen (secondary N) is 1. The summed E-state index contributed by atoms with van der Waals surface area (Å²) in [5.74, 6) is -0.682. The number of hydrogen-bond donors (Lipinski definition) is 1. The zero-order valence-electron chi connectivity index (χ0n) is 22.6. The lowest BCUT2D eigenvalue weighted by molar-refractivity contribution is -0.139. The van der Waals surface area contributed by atoms with Crippen molar-refractivity contribution in [1.29, 1.82) is 0 Å². The lowest BCUT2D eigenvalue weighted by Gasteiger charge is -2.33. The molecule has 38 heavy (non-hydrogen) atoms.